The standard InChI is InChI=1S/C22H31NO4Si/c1-5-25-22-19(15-23)14-20(26-22)21(27-28(6-2,7-3)8-4)17-24-16-18-12-10-9-11-13-18/h9-14,21H,5-8,16-17H2,1-4H3. The molecule has 0 N–H and O–H groups in total. The van der Waals surface area contributed by atoms with Gasteiger partial charge in [-0.05, 0) is 30.6 Å². The highest BCUT2D eigenvalue weighted by Crippen LogP contribution is 2.34. The van der Waals surface area contributed by atoms with E-state index in [1.165, 1.54) is 0 Å². The van der Waals surface area contributed by atoms with Crippen LogP contribution in [0.3, 0.4) is 0 Å². The van der Waals surface area contributed by atoms with E-state index in [1.54, 1.807) is 6.07 Å². The number of nitriles is 1. The maximum absolute atomic E-state index is 9.38. The Morgan fingerprint density at radius 3 is 2.32 bits per heavy atom. The van der Waals surface area contributed by atoms with Crippen LogP contribution in [-0.4, -0.2) is 21.5 Å². The van der Waals surface area contributed by atoms with E-state index in [4.69, 9.17) is 18.3 Å². The molecule has 2 aromatic rings. The highest BCUT2D eigenvalue weighted by Gasteiger charge is 2.34. The SMILES string of the molecule is CCOc1oc(C(COCc2ccccc2)O[Si](CC)(CC)CC)cc1C#N. The van der Waals surface area contributed by atoms with Crippen molar-refractivity contribution in [2.45, 2.75) is 58.5 Å². The zero-order chi connectivity index (χ0) is 20.4. The number of nitrogens with zero attached hydrogens (tertiary/aromatic N) is 1. The summed E-state index contributed by atoms with van der Waals surface area (Å²) in [7, 11) is -1.89. The Kier molecular flexibility index (Phi) is 8.77. The van der Waals surface area contributed by atoms with Gasteiger partial charge in [-0.3, -0.25) is 0 Å². The first kappa shape index (κ1) is 22.2. The molecule has 0 fully saturated rings. The molecule has 0 aliphatic carbocycles. The highest BCUT2D eigenvalue weighted by molar-refractivity contribution is 6.73. The van der Waals surface area contributed by atoms with Gasteiger partial charge in [0.2, 0.25) is 0 Å². The van der Waals surface area contributed by atoms with Gasteiger partial charge in [0, 0.05) is 6.07 Å². The van der Waals surface area contributed by atoms with Crippen LogP contribution in [0.2, 0.25) is 18.1 Å². The van der Waals surface area contributed by atoms with E-state index in [-0.39, 0.29) is 12.1 Å². The zero-order valence-corrected chi connectivity index (χ0v) is 18.4. The minimum Gasteiger partial charge on any atom is -0.464 e. The predicted octanol–water partition coefficient (Wildman–Crippen LogP) is 5.83. The summed E-state index contributed by atoms with van der Waals surface area (Å²) < 4.78 is 24.0. The van der Waals surface area contributed by atoms with Crippen molar-refractivity contribution in [3.05, 3.63) is 53.3 Å². The molecule has 0 bridgehead atoms. The van der Waals surface area contributed by atoms with Crippen molar-refractivity contribution in [1.82, 2.24) is 0 Å². The smallest absolute Gasteiger partial charge is 0.303 e. The minimum absolute atomic E-state index is 0.258. The van der Waals surface area contributed by atoms with E-state index in [2.05, 4.69) is 26.8 Å². The van der Waals surface area contributed by atoms with Crippen LogP contribution in [0, 0.1) is 11.3 Å². The Hall–Kier alpha value is -2.07. The van der Waals surface area contributed by atoms with Gasteiger partial charge in [0.1, 0.15) is 23.5 Å². The summed E-state index contributed by atoms with van der Waals surface area (Å²) >= 11 is 0. The molecule has 1 aromatic heterocycles. The number of hydrogen-bond donors (Lipinski definition) is 0. The minimum atomic E-state index is -1.89. The first-order valence-electron chi connectivity index (χ1n) is 10.1. The lowest BCUT2D eigenvalue weighted by molar-refractivity contribution is 0.0232. The van der Waals surface area contributed by atoms with Crippen LogP contribution < -0.4 is 4.74 Å². The molecule has 5 nitrogen and oxygen atoms in total. The molecule has 6 heteroatoms. The molecule has 0 aliphatic heterocycles. The van der Waals surface area contributed by atoms with Gasteiger partial charge in [-0.1, -0.05) is 51.1 Å². The normalized spacial score (nSPS) is 12.5. The number of furan rings is 1. The van der Waals surface area contributed by atoms with Gasteiger partial charge in [0.25, 0.3) is 0 Å². The van der Waals surface area contributed by atoms with Gasteiger partial charge in [-0.15, -0.1) is 0 Å². The van der Waals surface area contributed by atoms with Gasteiger partial charge in [0.15, 0.2) is 8.32 Å². The van der Waals surface area contributed by atoms with Gasteiger partial charge in [-0.25, -0.2) is 0 Å². The van der Waals surface area contributed by atoms with Crippen LogP contribution in [0.25, 0.3) is 0 Å². The first-order chi connectivity index (χ1) is 13.6. The van der Waals surface area contributed by atoms with Crippen molar-refractivity contribution < 1.29 is 18.3 Å². The van der Waals surface area contributed by atoms with E-state index >= 15 is 0 Å². The predicted molar refractivity (Wildman–Crippen MR) is 112 cm³/mol. The number of hydrogen-bond acceptors (Lipinski definition) is 5. The van der Waals surface area contributed by atoms with E-state index in [1.807, 2.05) is 37.3 Å². The lowest BCUT2D eigenvalue weighted by Crippen LogP contribution is -2.38. The third-order valence-electron chi connectivity index (χ3n) is 5.14. The molecule has 1 atom stereocenters. The lowest BCUT2D eigenvalue weighted by atomic mass is 10.2. The summed E-state index contributed by atoms with van der Waals surface area (Å²) in [6.07, 6.45) is -0.350. The molecule has 1 unspecified atom stereocenters. The molecule has 1 aromatic carbocycles. The van der Waals surface area contributed by atoms with Crippen molar-refractivity contribution in [1.29, 1.82) is 5.26 Å². The summed E-state index contributed by atoms with van der Waals surface area (Å²) in [6.45, 7) is 9.75. The van der Waals surface area contributed by atoms with Crippen LogP contribution >= 0.6 is 0 Å². The Morgan fingerprint density at radius 1 is 1.07 bits per heavy atom. The molecular formula is C22H31NO4Si. The first-order valence-corrected chi connectivity index (χ1v) is 12.6. The Bertz CT molecular complexity index is 741. The van der Waals surface area contributed by atoms with E-state index < -0.39 is 8.32 Å². The van der Waals surface area contributed by atoms with Crippen LogP contribution in [0.4, 0.5) is 0 Å². The monoisotopic (exact) mass is 401 g/mol. The number of rotatable bonds is 12. The van der Waals surface area contributed by atoms with E-state index in [9.17, 15) is 5.26 Å². The Labute approximate surface area is 169 Å². The van der Waals surface area contributed by atoms with Crippen molar-refractivity contribution in [2.24, 2.45) is 0 Å². The summed E-state index contributed by atoms with van der Waals surface area (Å²) in [6, 6.07) is 17.0. The molecule has 0 saturated heterocycles. The third-order valence-corrected chi connectivity index (χ3v) is 9.79. The van der Waals surface area contributed by atoms with Gasteiger partial charge in [-0.2, -0.15) is 5.26 Å². The molecule has 0 radical (unpaired) electrons. The fourth-order valence-electron chi connectivity index (χ4n) is 3.20. The van der Waals surface area contributed by atoms with E-state index in [0.717, 1.165) is 23.7 Å². The summed E-state index contributed by atoms with van der Waals surface area (Å²) in [4.78, 5) is 0. The second-order valence-electron chi connectivity index (χ2n) is 6.75. The quantitative estimate of drug-likeness (QED) is 0.419. The van der Waals surface area contributed by atoms with Crippen LogP contribution in [0.15, 0.2) is 40.8 Å². The molecule has 152 valence electrons. The topological polar surface area (TPSA) is 64.6 Å². The molecule has 0 saturated carbocycles. The number of ether oxygens (including phenoxy) is 2. The third kappa shape index (κ3) is 5.71. The zero-order valence-electron chi connectivity index (χ0n) is 17.4. The lowest BCUT2D eigenvalue weighted by Gasteiger charge is -2.32. The largest absolute Gasteiger partial charge is 0.464 e. The number of benzene rings is 1. The molecular weight excluding hydrogens is 370 g/mol. The summed E-state index contributed by atoms with van der Waals surface area (Å²) in [5, 5.41) is 9.38. The maximum Gasteiger partial charge on any atom is 0.303 e. The summed E-state index contributed by atoms with van der Waals surface area (Å²) in [5.41, 5.74) is 1.50. The van der Waals surface area contributed by atoms with Crippen molar-refractivity contribution >= 4 is 8.32 Å². The molecule has 0 amide bonds. The maximum atomic E-state index is 9.38. The Balaban J connectivity index is 2.21. The Morgan fingerprint density at radius 2 is 1.75 bits per heavy atom. The van der Waals surface area contributed by atoms with Crippen molar-refractivity contribution in [2.75, 3.05) is 13.2 Å². The molecule has 2 rings (SSSR count). The average molecular weight is 402 g/mol. The van der Waals surface area contributed by atoms with Crippen LogP contribution in [0.1, 0.15) is 50.7 Å². The van der Waals surface area contributed by atoms with E-state index in [0.29, 0.717) is 31.1 Å². The molecule has 28 heavy (non-hydrogen) atoms. The summed E-state index contributed by atoms with van der Waals surface area (Å²) in [5.74, 6) is 0.855. The van der Waals surface area contributed by atoms with Crippen molar-refractivity contribution in [3.63, 3.8) is 0 Å². The van der Waals surface area contributed by atoms with Crippen LogP contribution in [0.5, 0.6) is 5.95 Å². The molecule has 0 spiro atoms. The van der Waals surface area contributed by atoms with Crippen molar-refractivity contribution in [3.8, 4) is 12.0 Å². The fourth-order valence-corrected chi connectivity index (χ4v) is 5.99. The molecule has 0 aliphatic rings. The van der Waals surface area contributed by atoms with Crippen LogP contribution in [-0.2, 0) is 15.8 Å². The van der Waals surface area contributed by atoms with Gasteiger partial charge in [0.05, 0.1) is 19.8 Å². The average Bonchev–Trinajstić information content (AvgIpc) is 3.15. The van der Waals surface area contributed by atoms with Gasteiger partial charge < -0.3 is 18.3 Å². The highest BCUT2D eigenvalue weighted by atomic mass is 28.4. The van der Waals surface area contributed by atoms with Gasteiger partial charge >= 0.3 is 5.95 Å². The molecule has 1 heterocycles. The second kappa shape index (κ2) is 11.1. The second-order valence-corrected chi connectivity index (χ2v) is 11.5. The fraction of sp³-hybridized carbons (Fsp3) is 0.500.